The summed E-state index contributed by atoms with van der Waals surface area (Å²) in [5.41, 5.74) is 1.25. The number of rotatable bonds is 10. The second kappa shape index (κ2) is 14.7. The summed E-state index contributed by atoms with van der Waals surface area (Å²) in [4.78, 5) is 7.34. The second-order valence-electron chi connectivity index (χ2n) is 7.83. The molecule has 0 radical (unpaired) electrons. The summed E-state index contributed by atoms with van der Waals surface area (Å²) in [5, 5.41) is 7.02. The van der Waals surface area contributed by atoms with E-state index in [1.807, 2.05) is 13.0 Å². The van der Waals surface area contributed by atoms with Gasteiger partial charge in [0.05, 0.1) is 13.7 Å². The first-order chi connectivity index (χ1) is 14.1. The van der Waals surface area contributed by atoms with Crippen LogP contribution in [0.1, 0.15) is 52.5 Å². The van der Waals surface area contributed by atoms with Crippen molar-refractivity contribution in [2.75, 3.05) is 39.9 Å². The Morgan fingerprint density at radius 2 is 1.93 bits per heavy atom. The van der Waals surface area contributed by atoms with Gasteiger partial charge >= 0.3 is 0 Å². The summed E-state index contributed by atoms with van der Waals surface area (Å²) in [7, 11) is 1.67. The fourth-order valence-electron chi connectivity index (χ4n) is 3.69. The number of guanidine groups is 1. The number of halogens is 1. The van der Waals surface area contributed by atoms with Gasteiger partial charge in [0.2, 0.25) is 0 Å². The van der Waals surface area contributed by atoms with Gasteiger partial charge in [-0.1, -0.05) is 6.07 Å². The van der Waals surface area contributed by atoms with Crippen molar-refractivity contribution in [2.45, 2.75) is 65.5 Å². The largest absolute Gasteiger partial charge is 0.493 e. The normalized spacial score (nSPS) is 15.6. The summed E-state index contributed by atoms with van der Waals surface area (Å²) in [6, 6.07) is 7.32. The van der Waals surface area contributed by atoms with E-state index in [0.29, 0.717) is 18.7 Å². The highest BCUT2D eigenvalue weighted by molar-refractivity contribution is 14.0. The smallest absolute Gasteiger partial charge is 0.191 e. The highest BCUT2D eigenvalue weighted by atomic mass is 127. The average molecular weight is 533 g/mol. The molecule has 0 spiro atoms. The van der Waals surface area contributed by atoms with Crippen LogP contribution in [0.5, 0.6) is 11.5 Å². The van der Waals surface area contributed by atoms with Crippen LogP contribution in [0.25, 0.3) is 0 Å². The van der Waals surface area contributed by atoms with Crippen molar-refractivity contribution in [2.24, 2.45) is 4.99 Å². The number of ether oxygens (including phenoxy) is 2. The molecule has 2 rings (SSSR count). The summed E-state index contributed by atoms with van der Waals surface area (Å²) in [5.74, 6) is 2.55. The van der Waals surface area contributed by atoms with E-state index in [2.05, 4.69) is 48.4 Å². The molecule has 1 fully saturated rings. The number of nitrogens with one attached hydrogen (secondary N) is 2. The van der Waals surface area contributed by atoms with Gasteiger partial charge in [0.15, 0.2) is 17.5 Å². The molecular formula is C23H41IN4O2. The Hall–Kier alpha value is -1.22. The van der Waals surface area contributed by atoms with Crippen molar-refractivity contribution in [3.63, 3.8) is 0 Å². The molecule has 0 bridgehead atoms. The predicted octanol–water partition coefficient (Wildman–Crippen LogP) is 4.07. The van der Waals surface area contributed by atoms with Crippen LogP contribution < -0.4 is 20.1 Å². The number of nitrogens with zero attached hydrogens (tertiary/aromatic N) is 2. The number of aryl methyl sites for hydroxylation is 1. The molecule has 0 unspecified atom stereocenters. The summed E-state index contributed by atoms with van der Waals surface area (Å²) in [6.45, 7) is 13.3. The van der Waals surface area contributed by atoms with Crippen molar-refractivity contribution < 1.29 is 9.47 Å². The van der Waals surface area contributed by atoms with E-state index in [9.17, 15) is 0 Å². The molecule has 1 aliphatic rings. The zero-order chi connectivity index (χ0) is 21.1. The standard InChI is InChI=1S/C23H40N4O2.HI/c1-6-24-23(26-20-12-15-27(16-13-20)18(3)4)25-14-8-9-19-10-11-21(28-5)22(17-19)29-7-2;/h10-11,17-18,20H,6-9,12-16H2,1-5H3,(H2,24,25,26);1H. The maximum Gasteiger partial charge on any atom is 0.191 e. The topological polar surface area (TPSA) is 58.1 Å². The summed E-state index contributed by atoms with van der Waals surface area (Å²) in [6.07, 6.45) is 4.32. The molecule has 1 saturated heterocycles. The number of piperidine rings is 1. The van der Waals surface area contributed by atoms with E-state index in [4.69, 9.17) is 14.5 Å². The first-order valence-corrected chi connectivity index (χ1v) is 11.2. The van der Waals surface area contributed by atoms with Crippen molar-refractivity contribution in [1.82, 2.24) is 15.5 Å². The van der Waals surface area contributed by atoms with Crippen LogP contribution in [-0.2, 0) is 6.42 Å². The molecule has 0 aliphatic carbocycles. The highest BCUT2D eigenvalue weighted by Crippen LogP contribution is 2.28. The predicted molar refractivity (Wildman–Crippen MR) is 137 cm³/mol. The lowest BCUT2D eigenvalue weighted by atomic mass is 10.0. The van der Waals surface area contributed by atoms with Crippen LogP contribution in [0.15, 0.2) is 23.2 Å². The van der Waals surface area contributed by atoms with Crippen LogP contribution in [0.2, 0.25) is 0 Å². The molecule has 0 saturated carbocycles. The number of benzene rings is 1. The third-order valence-electron chi connectivity index (χ3n) is 5.37. The molecule has 1 aromatic rings. The Bertz CT molecular complexity index is 632. The molecule has 30 heavy (non-hydrogen) atoms. The molecule has 0 aromatic heterocycles. The third-order valence-corrected chi connectivity index (χ3v) is 5.37. The zero-order valence-corrected chi connectivity index (χ0v) is 21.7. The molecule has 1 aromatic carbocycles. The quantitative estimate of drug-likeness (QED) is 0.206. The molecule has 2 N–H and O–H groups in total. The maximum absolute atomic E-state index is 5.68. The van der Waals surface area contributed by atoms with Crippen LogP contribution in [0.4, 0.5) is 0 Å². The van der Waals surface area contributed by atoms with E-state index < -0.39 is 0 Å². The van der Waals surface area contributed by atoms with E-state index in [1.54, 1.807) is 7.11 Å². The molecular weight excluding hydrogens is 491 g/mol. The zero-order valence-electron chi connectivity index (χ0n) is 19.4. The van der Waals surface area contributed by atoms with Gasteiger partial charge in [0.1, 0.15) is 0 Å². The van der Waals surface area contributed by atoms with Crippen LogP contribution in [0, 0.1) is 0 Å². The number of likely N-dealkylation sites (tertiary alicyclic amines) is 1. The van der Waals surface area contributed by atoms with Crippen LogP contribution in [-0.4, -0.2) is 62.8 Å². The van der Waals surface area contributed by atoms with Gasteiger partial charge in [0, 0.05) is 38.3 Å². The summed E-state index contributed by atoms with van der Waals surface area (Å²) < 4.78 is 11.0. The van der Waals surface area contributed by atoms with Crippen LogP contribution in [0.3, 0.4) is 0 Å². The van der Waals surface area contributed by atoms with Gasteiger partial charge in [-0.3, -0.25) is 4.99 Å². The van der Waals surface area contributed by atoms with Crippen molar-refractivity contribution in [1.29, 1.82) is 0 Å². The maximum atomic E-state index is 5.68. The minimum Gasteiger partial charge on any atom is -0.493 e. The molecule has 7 heteroatoms. The first-order valence-electron chi connectivity index (χ1n) is 11.2. The molecule has 1 heterocycles. The Labute approximate surface area is 200 Å². The average Bonchev–Trinajstić information content (AvgIpc) is 2.72. The number of aliphatic imine (C=N–C) groups is 1. The Kier molecular flexibility index (Phi) is 13.2. The Morgan fingerprint density at radius 3 is 2.53 bits per heavy atom. The summed E-state index contributed by atoms with van der Waals surface area (Å²) >= 11 is 0. The van der Waals surface area contributed by atoms with E-state index in [0.717, 1.165) is 56.5 Å². The van der Waals surface area contributed by atoms with Crippen molar-refractivity contribution >= 4 is 29.9 Å². The number of hydrogen-bond donors (Lipinski definition) is 2. The molecule has 0 atom stereocenters. The van der Waals surface area contributed by atoms with Gasteiger partial charge in [0.25, 0.3) is 0 Å². The van der Waals surface area contributed by atoms with Crippen molar-refractivity contribution in [3.05, 3.63) is 23.8 Å². The third kappa shape index (κ3) is 8.88. The van der Waals surface area contributed by atoms with E-state index in [-0.39, 0.29) is 24.0 Å². The minimum absolute atomic E-state index is 0. The fourth-order valence-corrected chi connectivity index (χ4v) is 3.69. The van der Waals surface area contributed by atoms with Gasteiger partial charge in [-0.2, -0.15) is 0 Å². The lowest BCUT2D eigenvalue weighted by Gasteiger charge is -2.35. The van der Waals surface area contributed by atoms with Crippen LogP contribution >= 0.6 is 24.0 Å². The van der Waals surface area contributed by atoms with E-state index >= 15 is 0 Å². The van der Waals surface area contributed by atoms with Gasteiger partial charge in [-0.05, 0) is 71.1 Å². The number of hydrogen-bond acceptors (Lipinski definition) is 4. The fraction of sp³-hybridized carbons (Fsp3) is 0.696. The van der Waals surface area contributed by atoms with Gasteiger partial charge in [-0.15, -0.1) is 24.0 Å². The minimum atomic E-state index is 0. The molecule has 172 valence electrons. The van der Waals surface area contributed by atoms with Gasteiger partial charge in [-0.25, -0.2) is 0 Å². The second-order valence-corrected chi connectivity index (χ2v) is 7.83. The lowest BCUT2D eigenvalue weighted by molar-refractivity contribution is 0.167. The highest BCUT2D eigenvalue weighted by Gasteiger charge is 2.21. The van der Waals surface area contributed by atoms with E-state index in [1.165, 1.54) is 18.4 Å². The number of methoxy groups -OCH3 is 1. The SMILES string of the molecule is CCNC(=NCCCc1ccc(OC)c(OCC)c1)NC1CCN(C(C)C)CC1.I. The first kappa shape index (κ1) is 26.8. The van der Waals surface area contributed by atoms with Crippen molar-refractivity contribution in [3.8, 4) is 11.5 Å². The lowest BCUT2D eigenvalue weighted by Crippen LogP contribution is -2.49. The molecule has 6 nitrogen and oxygen atoms in total. The monoisotopic (exact) mass is 532 g/mol. The Morgan fingerprint density at radius 1 is 1.20 bits per heavy atom. The Balaban J connectivity index is 0.00000450. The van der Waals surface area contributed by atoms with Gasteiger partial charge < -0.3 is 25.0 Å². The molecule has 1 aliphatic heterocycles. The molecule has 0 amide bonds.